The van der Waals surface area contributed by atoms with E-state index >= 15 is 0 Å². The fourth-order valence-corrected chi connectivity index (χ4v) is 8.63. The second-order valence-corrected chi connectivity index (χ2v) is 13.6. The van der Waals surface area contributed by atoms with Gasteiger partial charge in [-0.05, 0) is 75.5 Å². The number of rotatable bonds is 4. The minimum absolute atomic E-state index is 0.153. The normalized spacial score (nSPS) is 14.7. The molecule has 0 unspecified atom stereocenters. The molecule has 3 nitrogen and oxygen atoms in total. The highest BCUT2D eigenvalue weighted by Crippen LogP contribution is 2.57. The molecule has 10 rings (SSSR count). The average molecular weight is 631 g/mol. The summed E-state index contributed by atoms with van der Waals surface area (Å²) in [6.45, 7) is 0. The Balaban J connectivity index is 1.06. The maximum absolute atomic E-state index is 6.39. The summed E-state index contributed by atoms with van der Waals surface area (Å²) in [5.41, 5.74) is 16.2. The third-order valence-corrected chi connectivity index (χ3v) is 10.9. The largest absolute Gasteiger partial charge is 0.452 e. The Bertz CT molecular complexity index is 2520. The summed E-state index contributed by atoms with van der Waals surface area (Å²) in [6.07, 6.45) is 6.43. The average Bonchev–Trinajstić information content (AvgIpc) is 3.69. The van der Waals surface area contributed by atoms with Crippen LogP contribution >= 0.6 is 0 Å². The Hall–Kier alpha value is -5.80. The predicted octanol–water partition coefficient (Wildman–Crippen LogP) is 12.3. The van der Waals surface area contributed by atoms with Gasteiger partial charge in [-0.2, -0.15) is 0 Å². The van der Waals surface area contributed by atoms with Crippen molar-refractivity contribution in [2.24, 2.45) is 0 Å². The van der Waals surface area contributed by atoms with Gasteiger partial charge in [-0.25, -0.2) is 9.97 Å². The lowest BCUT2D eigenvalue weighted by atomic mass is 9.68. The van der Waals surface area contributed by atoms with E-state index in [0.29, 0.717) is 11.4 Å². The number of fused-ring (bicyclic) bond motifs is 8. The Morgan fingerprint density at radius 3 is 2.04 bits per heavy atom. The first-order valence-electron chi connectivity index (χ1n) is 17.5. The molecule has 6 aromatic carbocycles. The van der Waals surface area contributed by atoms with Crippen molar-refractivity contribution < 1.29 is 4.42 Å². The fraction of sp³-hybridized carbons (Fsp3) is 0.130. The fourth-order valence-electron chi connectivity index (χ4n) is 8.63. The topological polar surface area (TPSA) is 38.9 Å². The molecule has 0 bridgehead atoms. The van der Waals surface area contributed by atoms with Crippen molar-refractivity contribution in [2.45, 2.75) is 37.5 Å². The van der Waals surface area contributed by atoms with Gasteiger partial charge in [0.1, 0.15) is 16.8 Å². The Morgan fingerprint density at radius 1 is 0.490 bits per heavy atom. The summed E-state index contributed by atoms with van der Waals surface area (Å²) in [7, 11) is 0. The molecule has 1 fully saturated rings. The molecule has 1 saturated carbocycles. The minimum atomic E-state index is 0.153. The van der Waals surface area contributed by atoms with Crippen LogP contribution in [-0.2, 0) is 5.41 Å². The van der Waals surface area contributed by atoms with Crippen LogP contribution in [0.4, 0.5) is 0 Å². The quantitative estimate of drug-likeness (QED) is 0.194. The van der Waals surface area contributed by atoms with Crippen LogP contribution in [0.3, 0.4) is 0 Å². The van der Waals surface area contributed by atoms with E-state index in [1.54, 1.807) is 0 Å². The zero-order chi connectivity index (χ0) is 32.4. The lowest BCUT2D eigenvalue weighted by Crippen LogP contribution is -2.27. The summed E-state index contributed by atoms with van der Waals surface area (Å²) in [4.78, 5) is 10.1. The van der Waals surface area contributed by atoms with Crippen molar-refractivity contribution in [3.63, 3.8) is 0 Å². The van der Waals surface area contributed by atoms with Crippen LogP contribution in [0.2, 0.25) is 0 Å². The van der Waals surface area contributed by atoms with Gasteiger partial charge in [-0.1, -0.05) is 147 Å². The predicted molar refractivity (Wildman–Crippen MR) is 200 cm³/mol. The standard InChI is InChI=1S/C46H34N2O/c1-3-13-32(14-4-1)45-47-42(44-43(48-45)37-18-6-8-22-40(37)49-44)31-25-23-30(24-26-31)33-15-11-16-34(29-33)35-19-12-21-39-41(35)36-17-5-7-20-38(36)46(39)27-9-2-10-28-46/h1,3-8,11-26,29H,2,9-10,27-28H2. The number of para-hydroxylation sites is 1. The molecule has 49 heavy (non-hydrogen) atoms. The molecule has 2 aliphatic carbocycles. The van der Waals surface area contributed by atoms with Crippen LogP contribution in [0, 0.1) is 0 Å². The lowest BCUT2D eigenvalue weighted by molar-refractivity contribution is 0.353. The number of aromatic nitrogens is 2. The first kappa shape index (κ1) is 28.2. The monoisotopic (exact) mass is 630 g/mol. The number of benzene rings is 6. The minimum Gasteiger partial charge on any atom is -0.452 e. The van der Waals surface area contributed by atoms with Crippen LogP contribution < -0.4 is 0 Å². The number of hydrogen-bond donors (Lipinski definition) is 0. The van der Waals surface area contributed by atoms with Crippen molar-refractivity contribution in [2.75, 3.05) is 0 Å². The molecule has 8 aromatic rings. The zero-order valence-electron chi connectivity index (χ0n) is 27.2. The van der Waals surface area contributed by atoms with E-state index in [2.05, 4.69) is 109 Å². The van der Waals surface area contributed by atoms with Gasteiger partial charge in [0, 0.05) is 21.9 Å². The van der Waals surface area contributed by atoms with Crippen molar-refractivity contribution >= 4 is 22.1 Å². The molecule has 2 heterocycles. The van der Waals surface area contributed by atoms with Crippen LogP contribution in [0.15, 0.2) is 150 Å². The first-order chi connectivity index (χ1) is 24.3. The third-order valence-electron chi connectivity index (χ3n) is 10.9. The van der Waals surface area contributed by atoms with Crippen LogP contribution in [0.5, 0.6) is 0 Å². The molecule has 2 aromatic heterocycles. The van der Waals surface area contributed by atoms with Gasteiger partial charge in [0.2, 0.25) is 0 Å². The van der Waals surface area contributed by atoms with Crippen molar-refractivity contribution in [3.05, 3.63) is 157 Å². The summed E-state index contributed by atoms with van der Waals surface area (Å²) < 4.78 is 6.39. The molecule has 1 spiro atoms. The van der Waals surface area contributed by atoms with Gasteiger partial charge < -0.3 is 4.42 Å². The zero-order valence-corrected chi connectivity index (χ0v) is 27.2. The third kappa shape index (κ3) is 4.42. The summed E-state index contributed by atoms with van der Waals surface area (Å²) in [6, 6.07) is 52.2. The molecule has 2 aliphatic rings. The second-order valence-electron chi connectivity index (χ2n) is 13.6. The van der Waals surface area contributed by atoms with Crippen LogP contribution in [-0.4, -0.2) is 9.97 Å². The van der Waals surface area contributed by atoms with E-state index in [1.165, 1.54) is 76.6 Å². The number of furan rings is 1. The molecular weight excluding hydrogens is 597 g/mol. The van der Waals surface area contributed by atoms with E-state index in [1.807, 2.05) is 36.4 Å². The van der Waals surface area contributed by atoms with E-state index in [4.69, 9.17) is 14.4 Å². The molecule has 0 saturated heterocycles. The molecular formula is C46H34N2O. The maximum atomic E-state index is 6.39. The maximum Gasteiger partial charge on any atom is 0.180 e. The highest BCUT2D eigenvalue weighted by atomic mass is 16.3. The van der Waals surface area contributed by atoms with Gasteiger partial charge in [0.05, 0.1) is 0 Å². The molecule has 0 amide bonds. The van der Waals surface area contributed by atoms with Crippen LogP contribution in [0.1, 0.15) is 43.2 Å². The second kappa shape index (κ2) is 11.1. The SMILES string of the molecule is c1ccc(-c2nc(-c3ccc(-c4cccc(-c5cccc6c5-c5ccccc5C65CCCCC5)c4)cc3)c3oc4ccccc4c3n2)cc1. The van der Waals surface area contributed by atoms with Crippen molar-refractivity contribution in [1.82, 2.24) is 9.97 Å². The lowest BCUT2D eigenvalue weighted by Gasteiger charge is -2.36. The van der Waals surface area contributed by atoms with E-state index in [9.17, 15) is 0 Å². The summed E-state index contributed by atoms with van der Waals surface area (Å²) in [5.74, 6) is 0.693. The van der Waals surface area contributed by atoms with E-state index in [-0.39, 0.29) is 5.41 Å². The molecule has 0 radical (unpaired) electrons. The van der Waals surface area contributed by atoms with E-state index in [0.717, 1.165) is 33.3 Å². The van der Waals surface area contributed by atoms with Gasteiger partial charge >= 0.3 is 0 Å². The molecule has 3 heteroatoms. The molecule has 234 valence electrons. The van der Waals surface area contributed by atoms with E-state index < -0.39 is 0 Å². The highest BCUT2D eigenvalue weighted by Gasteiger charge is 2.44. The number of hydrogen-bond acceptors (Lipinski definition) is 3. The Labute approximate surface area is 285 Å². The summed E-state index contributed by atoms with van der Waals surface area (Å²) >= 11 is 0. The van der Waals surface area contributed by atoms with Crippen LogP contribution in [0.25, 0.3) is 78.1 Å². The molecule has 0 aliphatic heterocycles. The summed E-state index contributed by atoms with van der Waals surface area (Å²) in [5, 5.41) is 0.996. The van der Waals surface area contributed by atoms with Gasteiger partial charge in [-0.3, -0.25) is 0 Å². The Morgan fingerprint density at radius 2 is 1.16 bits per heavy atom. The number of nitrogens with zero attached hydrogens (tertiary/aromatic N) is 2. The van der Waals surface area contributed by atoms with Gasteiger partial charge in [-0.15, -0.1) is 0 Å². The van der Waals surface area contributed by atoms with Crippen molar-refractivity contribution in [1.29, 1.82) is 0 Å². The smallest absolute Gasteiger partial charge is 0.180 e. The molecule has 0 atom stereocenters. The Kier molecular flexibility index (Phi) is 6.42. The van der Waals surface area contributed by atoms with Gasteiger partial charge in [0.15, 0.2) is 11.4 Å². The van der Waals surface area contributed by atoms with Crippen molar-refractivity contribution in [3.8, 4) is 56.0 Å². The molecule has 0 N–H and O–H groups in total. The highest BCUT2D eigenvalue weighted by molar-refractivity contribution is 6.07. The first-order valence-corrected chi connectivity index (χ1v) is 17.5. The van der Waals surface area contributed by atoms with Gasteiger partial charge in [0.25, 0.3) is 0 Å².